The van der Waals surface area contributed by atoms with Gasteiger partial charge < -0.3 is 4.90 Å². The molecule has 3 rings (SSSR count). The lowest BCUT2D eigenvalue weighted by atomic mass is 9.68. The smallest absolute Gasteiger partial charge is 0.341 e. The van der Waals surface area contributed by atoms with Crippen molar-refractivity contribution in [3.05, 3.63) is 18.0 Å². The molecule has 1 saturated carbocycles. The summed E-state index contributed by atoms with van der Waals surface area (Å²) in [6.07, 6.45) is 5.34. The van der Waals surface area contributed by atoms with Gasteiger partial charge in [0, 0.05) is 19.3 Å². The standard InChI is InChI=1S/C15H20F3N3/c16-15(17,18)12-4-9-19-13(20-12)21-10-7-14(8-11-21)5-2-1-3-6-14/h4,9H,1-3,5-8,10-11H2. The van der Waals surface area contributed by atoms with Crippen LogP contribution in [0.25, 0.3) is 0 Å². The zero-order chi connectivity index (χ0) is 14.9. The molecule has 2 fully saturated rings. The molecule has 0 bridgehead atoms. The molecule has 0 aromatic carbocycles. The van der Waals surface area contributed by atoms with Crippen molar-refractivity contribution in [2.45, 2.75) is 51.1 Å². The average Bonchev–Trinajstić information content (AvgIpc) is 2.48. The maximum absolute atomic E-state index is 12.7. The third-order valence-corrected chi connectivity index (χ3v) is 4.95. The van der Waals surface area contributed by atoms with E-state index in [0.717, 1.165) is 32.0 Å². The second-order valence-corrected chi connectivity index (χ2v) is 6.29. The Kier molecular flexibility index (Phi) is 3.80. The molecule has 1 spiro atoms. The Morgan fingerprint density at radius 3 is 2.29 bits per heavy atom. The molecule has 1 aliphatic carbocycles. The van der Waals surface area contributed by atoms with Crippen molar-refractivity contribution in [1.29, 1.82) is 0 Å². The third kappa shape index (κ3) is 3.14. The van der Waals surface area contributed by atoms with Crippen LogP contribution in [0.2, 0.25) is 0 Å². The van der Waals surface area contributed by atoms with Gasteiger partial charge in [0.15, 0.2) is 0 Å². The predicted octanol–water partition coefficient (Wildman–Crippen LogP) is 4.05. The van der Waals surface area contributed by atoms with Gasteiger partial charge in [0.2, 0.25) is 5.95 Å². The zero-order valence-electron chi connectivity index (χ0n) is 12.0. The topological polar surface area (TPSA) is 29.0 Å². The first kappa shape index (κ1) is 14.6. The Labute approximate surface area is 122 Å². The number of hydrogen-bond acceptors (Lipinski definition) is 3. The third-order valence-electron chi connectivity index (χ3n) is 4.95. The van der Waals surface area contributed by atoms with Crippen LogP contribution in [-0.4, -0.2) is 23.1 Å². The summed E-state index contributed by atoms with van der Waals surface area (Å²) in [5.41, 5.74) is -0.429. The maximum atomic E-state index is 12.7. The number of piperidine rings is 1. The van der Waals surface area contributed by atoms with E-state index < -0.39 is 11.9 Å². The lowest BCUT2D eigenvalue weighted by Gasteiger charge is -2.44. The highest BCUT2D eigenvalue weighted by molar-refractivity contribution is 5.32. The molecule has 0 amide bonds. The van der Waals surface area contributed by atoms with Crippen LogP contribution < -0.4 is 4.90 Å². The summed E-state index contributed by atoms with van der Waals surface area (Å²) in [6.45, 7) is 1.53. The van der Waals surface area contributed by atoms with Gasteiger partial charge in [0.25, 0.3) is 0 Å². The van der Waals surface area contributed by atoms with E-state index in [9.17, 15) is 13.2 Å². The summed E-state index contributed by atoms with van der Waals surface area (Å²) in [7, 11) is 0. The second kappa shape index (κ2) is 5.46. The fourth-order valence-electron chi connectivity index (χ4n) is 3.64. The summed E-state index contributed by atoms with van der Waals surface area (Å²) in [5.74, 6) is 0.218. The first-order chi connectivity index (χ1) is 9.99. The molecule has 21 heavy (non-hydrogen) atoms. The summed E-state index contributed by atoms with van der Waals surface area (Å²) in [6, 6.07) is 0.927. The summed E-state index contributed by atoms with van der Waals surface area (Å²) in [5, 5.41) is 0. The van der Waals surface area contributed by atoms with Crippen molar-refractivity contribution in [3.63, 3.8) is 0 Å². The highest BCUT2D eigenvalue weighted by Gasteiger charge is 2.37. The lowest BCUT2D eigenvalue weighted by Crippen LogP contribution is -2.42. The van der Waals surface area contributed by atoms with Crippen LogP contribution in [0.1, 0.15) is 50.6 Å². The number of alkyl halides is 3. The molecule has 2 aliphatic rings. The van der Waals surface area contributed by atoms with Crippen molar-refractivity contribution in [2.75, 3.05) is 18.0 Å². The molecule has 0 unspecified atom stereocenters. The van der Waals surface area contributed by atoms with Gasteiger partial charge in [0.1, 0.15) is 5.69 Å². The quantitative estimate of drug-likeness (QED) is 0.783. The molecule has 2 heterocycles. The van der Waals surface area contributed by atoms with Crippen LogP contribution in [0.3, 0.4) is 0 Å². The highest BCUT2D eigenvalue weighted by Crippen LogP contribution is 2.44. The fraction of sp³-hybridized carbons (Fsp3) is 0.733. The van der Waals surface area contributed by atoms with Crippen molar-refractivity contribution >= 4 is 5.95 Å². The number of anilines is 1. The number of rotatable bonds is 1. The summed E-state index contributed by atoms with van der Waals surface area (Å²) < 4.78 is 38.1. The normalized spacial score (nSPS) is 22.5. The van der Waals surface area contributed by atoms with E-state index in [2.05, 4.69) is 9.97 Å². The molecule has 1 saturated heterocycles. The van der Waals surface area contributed by atoms with Gasteiger partial charge >= 0.3 is 6.18 Å². The fourth-order valence-corrected chi connectivity index (χ4v) is 3.64. The lowest BCUT2D eigenvalue weighted by molar-refractivity contribution is -0.141. The molecule has 1 aromatic rings. The average molecular weight is 299 g/mol. The molecule has 3 nitrogen and oxygen atoms in total. The largest absolute Gasteiger partial charge is 0.433 e. The molecule has 116 valence electrons. The summed E-state index contributed by atoms with van der Waals surface area (Å²) >= 11 is 0. The molecular formula is C15H20F3N3. The molecule has 6 heteroatoms. The van der Waals surface area contributed by atoms with Gasteiger partial charge in [-0.1, -0.05) is 19.3 Å². The van der Waals surface area contributed by atoms with Gasteiger partial charge in [-0.05, 0) is 37.2 Å². The van der Waals surface area contributed by atoms with E-state index in [1.54, 1.807) is 0 Å². The van der Waals surface area contributed by atoms with Crippen molar-refractivity contribution in [2.24, 2.45) is 5.41 Å². The molecule has 1 aliphatic heterocycles. The Morgan fingerprint density at radius 1 is 1.00 bits per heavy atom. The molecule has 0 atom stereocenters. The highest BCUT2D eigenvalue weighted by atomic mass is 19.4. The van der Waals surface area contributed by atoms with Crippen LogP contribution >= 0.6 is 0 Å². The SMILES string of the molecule is FC(F)(F)c1ccnc(N2CCC3(CCCCC3)CC2)n1. The van der Waals surface area contributed by atoms with Gasteiger partial charge in [-0.15, -0.1) is 0 Å². The Hall–Kier alpha value is -1.33. The second-order valence-electron chi connectivity index (χ2n) is 6.29. The minimum Gasteiger partial charge on any atom is -0.341 e. The van der Waals surface area contributed by atoms with Crippen LogP contribution in [0.4, 0.5) is 19.1 Å². The Balaban J connectivity index is 1.69. The number of nitrogens with zero attached hydrogens (tertiary/aromatic N) is 3. The molecular weight excluding hydrogens is 279 g/mol. The van der Waals surface area contributed by atoms with Crippen LogP contribution in [0, 0.1) is 5.41 Å². The predicted molar refractivity (Wildman–Crippen MR) is 74.0 cm³/mol. The molecule has 1 aromatic heterocycles. The van der Waals surface area contributed by atoms with E-state index in [-0.39, 0.29) is 5.95 Å². The number of aromatic nitrogens is 2. The Morgan fingerprint density at radius 2 is 1.67 bits per heavy atom. The van der Waals surface area contributed by atoms with E-state index >= 15 is 0 Å². The number of hydrogen-bond donors (Lipinski definition) is 0. The van der Waals surface area contributed by atoms with E-state index in [1.165, 1.54) is 38.3 Å². The van der Waals surface area contributed by atoms with Crippen molar-refractivity contribution in [1.82, 2.24) is 9.97 Å². The zero-order valence-corrected chi connectivity index (χ0v) is 12.0. The Bertz CT molecular complexity index is 485. The van der Waals surface area contributed by atoms with E-state index in [0.29, 0.717) is 5.41 Å². The van der Waals surface area contributed by atoms with Gasteiger partial charge in [-0.3, -0.25) is 0 Å². The van der Waals surface area contributed by atoms with Gasteiger partial charge in [-0.2, -0.15) is 13.2 Å². The first-order valence-corrected chi connectivity index (χ1v) is 7.64. The van der Waals surface area contributed by atoms with Crippen LogP contribution in [-0.2, 0) is 6.18 Å². The monoisotopic (exact) mass is 299 g/mol. The number of halogens is 3. The van der Waals surface area contributed by atoms with Crippen LogP contribution in [0.5, 0.6) is 0 Å². The van der Waals surface area contributed by atoms with Gasteiger partial charge in [-0.25, -0.2) is 9.97 Å². The minimum absolute atomic E-state index is 0.218. The summed E-state index contributed by atoms with van der Waals surface area (Å²) in [4.78, 5) is 9.61. The maximum Gasteiger partial charge on any atom is 0.433 e. The van der Waals surface area contributed by atoms with Crippen molar-refractivity contribution in [3.8, 4) is 0 Å². The first-order valence-electron chi connectivity index (χ1n) is 7.64. The molecule has 0 radical (unpaired) electrons. The van der Waals surface area contributed by atoms with E-state index in [4.69, 9.17) is 0 Å². The minimum atomic E-state index is -4.40. The van der Waals surface area contributed by atoms with Crippen LogP contribution in [0.15, 0.2) is 12.3 Å². The molecule has 0 N–H and O–H groups in total. The van der Waals surface area contributed by atoms with E-state index in [1.807, 2.05) is 4.90 Å². The van der Waals surface area contributed by atoms with Gasteiger partial charge in [0.05, 0.1) is 0 Å². The van der Waals surface area contributed by atoms with Crippen molar-refractivity contribution < 1.29 is 13.2 Å².